The van der Waals surface area contributed by atoms with Crippen molar-refractivity contribution in [1.82, 2.24) is 15.0 Å². The van der Waals surface area contributed by atoms with E-state index in [-0.39, 0.29) is 47.3 Å². The van der Waals surface area contributed by atoms with Crippen molar-refractivity contribution in [2.75, 3.05) is 36.1 Å². The Morgan fingerprint density at radius 2 is 1.76 bits per heavy atom. The molecular formula is C14H25ClN5NaO3S. The first-order valence-corrected chi connectivity index (χ1v) is 10.1. The van der Waals surface area contributed by atoms with Gasteiger partial charge in [0, 0.05) is 20.1 Å². The van der Waals surface area contributed by atoms with Crippen molar-refractivity contribution in [3.8, 4) is 0 Å². The van der Waals surface area contributed by atoms with Crippen LogP contribution in [0.3, 0.4) is 0 Å². The number of hydrogen-bond acceptors (Lipinski definition) is 8. The largest absolute Gasteiger partial charge is 1.00 e. The van der Waals surface area contributed by atoms with E-state index in [1.165, 1.54) is 30.6 Å². The summed E-state index contributed by atoms with van der Waals surface area (Å²) in [5.41, 5.74) is 0. The molecule has 1 N–H and O–H groups in total. The first kappa shape index (κ1) is 24.8. The van der Waals surface area contributed by atoms with Gasteiger partial charge in [0.1, 0.15) is 0 Å². The molecule has 0 fully saturated rings. The molecule has 0 aliphatic heterocycles. The smallest absolute Gasteiger partial charge is 0.748 e. The SMILES string of the molecule is CCCCCCCCNc1nc(Cl)nc(N(C)CCS(=O)(=O)[O-])n1.[Na+]. The van der Waals surface area contributed by atoms with Gasteiger partial charge in [-0.25, -0.2) is 8.42 Å². The summed E-state index contributed by atoms with van der Waals surface area (Å²) in [6, 6.07) is 0. The Hall–Kier alpha value is -0.190. The van der Waals surface area contributed by atoms with E-state index in [4.69, 9.17) is 11.6 Å². The molecule has 0 bridgehead atoms. The van der Waals surface area contributed by atoms with E-state index in [9.17, 15) is 13.0 Å². The zero-order chi connectivity index (χ0) is 18.0. The van der Waals surface area contributed by atoms with E-state index in [0.29, 0.717) is 5.95 Å². The Kier molecular flexibility index (Phi) is 13.0. The first-order valence-electron chi connectivity index (χ1n) is 8.12. The van der Waals surface area contributed by atoms with Crippen LogP contribution in [0.2, 0.25) is 5.28 Å². The maximum Gasteiger partial charge on any atom is 1.00 e. The van der Waals surface area contributed by atoms with Crippen LogP contribution >= 0.6 is 11.6 Å². The Labute approximate surface area is 177 Å². The normalized spacial score (nSPS) is 11.0. The monoisotopic (exact) mass is 401 g/mol. The number of aromatic nitrogens is 3. The van der Waals surface area contributed by atoms with Crippen LogP contribution in [0.15, 0.2) is 0 Å². The van der Waals surface area contributed by atoms with Gasteiger partial charge in [0.2, 0.25) is 17.2 Å². The van der Waals surface area contributed by atoms with E-state index in [1.807, 2.05) is 0 Å². The fourth-order valence-corrected chi connectivity index (χ4v) is 2.70. The Morgan fingerprint density at radius 3 is 2.40 bits per heavy atom. The summed E-state index contributed by atoms with van der Waals surface area (Å²) in [6.07, 6.45) is 7.11. The fourth-order valence-electron chi connectivity index (χ4n) is 2.04. The molecule has 0 saturated heterocycles. The molecule has 0 aliphatic carbocycles. The molecule has 0 amide bonds. The van der Waals surface area contributed by atoms with E-state index < -0.39 is 15.9 Å². The molecule has 0 atom stereocenters. The number of hydrogen-bond donors (Lipinski definition) is 1. The zero-order valence-electron chi connectivity index (χ0n) is 15.2. The molecule has 0 aromatic carbocycles. The van der Waals surface area contributed by atoms with Crippen molar-refractivity contribution in [1.29, 1.82) is 0 Å². The Bertz CT molecular complexity index is 606. The number of nitrogens with zero attached hydrogens (tertiary/aromatic N) is 4. The maximum absolute atomic E-state index is 10.7. The Balaban J connectivity index is 0.00000576. The minimum atomic E-state index is -4.29. The summed E-state index contributed by atoms with van der Waals surface area (Å²) in [4.78, 5) is 13.6. The third-order valence-electron chi connectivity index (χ3n) is 3.43. The fraction of sp³-hybridized carbons (Fsp3) is 0.786. The second kappa shape index (κ2) is 13.1. The minimum absolute atomic E-state index is 0. The predicted molar refractivity (Wildman–Crippen MR) is 94.5 cm³/mol. The maximum atomic E-state index is 10.7. The molecule has 0 aliphatic rings. The number of halogens is 1. The summed E-state index contributed by atoms with van der Waals surface area (Å²) in [5.74, 6) is 0.0485. The number of nitrogens with one attached hydrogen (secondary N) is 1. The van der Waals surface area contributed by atoms with Gasteiger partial charge in [-0.2, -0.15) is 15.0 Å². The van der Waals surface area contributed by atoms with E-state index >= 15 is 0 Å². The van der Waals surface area contributed by atoms with Gasteiger partial charge < -0.3 is 14.8 Å². The summed E-state index contributed by atoms with van der Waals surface area (Å²) in [5, 5.41) is 3.11. The molecule has 0 spiro atoms. The summed E-state index contributed by atoms with van der Waals surface area (Å²) >= 11 is 5.87. The van der Waals surface area contributed by atoms with Gasteiger partial charge in [-0.3, -0.25) is 0 Å². The van der Waals surface area contributed by atoms with Crippen molar-refractivity contribution in [3.63, 3.8) is 0 Å². The van der Waals surface area contributed by atoms with Crippen molar-refractivity contribution in [2.24, 2.45) is 0 Å². The molecule has 1 rings (SSSR count). The molecule has 11 heteroatoms. The molecule has 8 nitrogen and oxygen atoms in total. The van der Waals surface area contributed by atoms with Gasteiger partial charge in [-0.1, -0.05) is 39.0 Å². The standard InChI is InChI=1S/C14H26ClN5O3S.Na/c1-3-4-5-6-7-8-9-16-13-17-12(15)18-14(19-13)20(2)10-11-24(21,22)23;/h3-11H2,1-2H3,(H,21,22,23)(H,16,17,18,19);/q;+1/p-1. The number of rotatable bonds is 12. The van der Waals surface area contributed by atoms with Crippen LogP contribution in [-0.4, -0.2) is 53.8 Å². The Morgan fingerprint density at radius 1 is 1.12 bits per heavy atom. The van der Waals surface area contributed by atoms with Gasteiger partial charge in [0.05, 0.1) is 15.9 Å². The van der Waals surface area contributed by atoms with E-state index in [2.05, 4.69) is 27.2 Å². The van der Waals surface area contributed by atoms with E-state index in [1.54, 1.807) is 7.05 Å². The third kappa shape index (κ3) is 11.9. The summed E-state index contributed by atoms with van der Waals surface area (Å²) in [6.45, 7) is 2.90. The van der Waals surface area contributed by atoms with Crippen molar-refractivity contribution < 1.29 is 42.5 Å². The van der Waals surface area contributed by atoms with Gasteiger partial charge >= 0.3 is 29.6 Å². The minimum Gasteiger partial charge on any atom is -0.748 e. The third-order valence-corrected chi connectivity index (χ3v) is 4.28. The van der Waals surface area contributed by atoms with Gasteiger partial charge in [0.15, 0.2) is 0 Å². The number of unbranched alkanes of at least 4 members (excludes halogenated alkanes) is 5. The van der Waals surface area contributed by atoms with Crippen LogP contribution in [0.25, 0.3) is 0 Å². The quantitative estimate of drug-likeness (QED) is 0.277. The molecule has 0 unspecified atom stereocenters. The first-order chi connectivity index (χ1) is 11.3. The van der Waals surface area contributed by atoms with Crippen molar-refractivity contribution in [3.05, 3.63) is 5.28 Å². The molecule has 1 heterocycles. The summed E-state index contributed by atoms with van der Waals surface area (Å²) < 4.78 is 32.1. The molecular weight excluding hydrogens is 377 g/mol. The van der Waals surface area contributed by atoms with Gasteiger partial charge in [0.25, 0.3) is 0 Å². The second-order valence-corrected chi connectivity index (χ2v) is 7.47. The molecule has 0 saturated carbocycles. The van der Waals surface area contributed by atoms with Crippen LogP contribution in [0.4, 0.5) is 11.9 Å². The van der Waals surface area contributed by atoms with Crippen LogP contribution < -0.4 is 39.8 Å². The molecule has 1 aromatic heterocycles. The number of anilines is 2. The molecule has 0 radical (unpaired) electrons. The van der Waals surface area contributed by atoms with Crippen molar-refractivity contribution in [2.45, 2.75) is 45.4 Å². The van der Waals surface area contributed by atoms with Crippen molar-refractivity contribution >= 4 is 33.6 Å². The van der Waals surface area contributed by atoms with Crippen LogP contribution in [0.1, 0.15) is 45.4 Å². The molecule has 138 valence electrons. The average molecular weight is 402 g/mol. The second-order valence-electron chi connectivity index (χ2n) is 5.61. The summed E-state index contributed by atoms with van der Waals surface area (Å²) in [7, 11) is -2.69. The van der Waals surface area contributed by atoms with E-state index in [0.717, 1.165) is 19.4 Å². The molecule has 1 aromatic rings. The van der Waals surface area contributed by atoms with Gasteiger partial charge in [-0.15, -0.1) is 0 Å². The van der Waals surface area contributed by atoms with Crippen LogP contribution in [0, 0.1) is 0 Å². The van der Waals surface area contributed by atoms with Gasteiger partial charge in [-0.05, 0) is 18.0 Å². The average Bonchev–Trinajstić information content (AvgIpc) is 2.50. The predicted octanol–water partition coefficient (Wildman–Crippen LogP) is -0.717. The zero-order valence-corrected chi connectivity index (χ0v) is 18.7. The topological polar surface area (TPSA) is 111 Å². The van der Waals surface area contributed by atoms with Crippen LogP contribution in [-0.2, 0) is 10.1 Å². The van der Waals surface area contributed by atoms with Crippen LogP contribution in [0.5, 0.6) is 0 Å². The molecule has 25 heavy (non-hydrogen) atoms.